The Balaban J connectivity index is 3.00. The Morgan fingerprint density at radius 3 is 2.47 bits per heavy atom. The van der Waals surface area contributed by atoms with E-state index in [4.69, 9.17) is 0 Å². The Kier molecular flexibility index (Phi) is 3.90. The van der Waals surface area contributed by atoms with E-state index in [0.29, 0.717) is 0 Å². The van der Waals surface area contributed by atoms with E-state index >= 15 is 0 Å². The van der Waals surface area contributed by atoms with E-state index in [2.05, 4.69) is 26.8 Å². The van der Waals surface area contributed by atoms with Gasteiger partial charge in [0.2, 0.25) is 0 Å². The van der Waals surface area contributed by atoms with Gasteiger partial charge in [-0.25, -0.2) is 0 Å². The fraction of sp³-hybridized carbons (Fsp3) is 0.643. The monoisotopic (exact) mass is 206 g/mol. The summed E-state index contributed by atoms with van der Waals surface area (Å²) in [4.78, 5) is 10.8. The van der Waals surface area contributed by atoms with Crippen molar-refractivity contribution < 1.29 is 4.79 Å². The van der Waals surface area contributed by atoms with Gasteiger partial charge in [-0.1, -0.05) is 31.1 Å². The third kappa shape index (κ3) is 2.58. The van der Waals surface area contributed by atoms with Gasteiger partial charge in [0.15, 0.2) is 0 Å². The van der Waals surface area contributed by atoms with Gasteiger partial charge in [0.05, 0.1) is 0 Å². The maximum absolute atomic E-state index is 10.8. The Morgan fingerprint density at radius 1 is 1.33 bits per heavy atom. The Labute approximate surface area is 93.3 Å². The molecular formula is C14H22O. The largest absolute Gasteiger partial charge is 0.298 e. The van der Waals surface area contributed by atoms with Gasteiger partial charge in [-0.05, 0) is 45.1 Å². The molecule has 1 aliphatic rings. The molecule has 84 valence electrons. The topological polar surface area (TPSA) is 17.1 Å². The first kappa shape index (κ1) is 12.2. The summed E-state index contributed by atoms with van der Waals surface area (Å²) >= 11 is 0. The first-order valence-electron chi connectivity index (χ1n) is 5.82. The summed E-state index contributed by atoms with van der Waals surface area (Å²) in [5.74, 6) is 0. The molecule has 0 N–H and O–H groups in total. The molecule has 0 aromatic heterocycles. The van der Waals surface area contributed by atoms with Crippen LogP contribution in [0.3, 0.4) is 0 Å². The lowest BCUT2D eigenvalue weighted by atomic mass is 9.72. The molecule has 0 atom stereocenters. The molecule has 0 unspecified atom stereocenters. The minimum absolute atomic E-state index is 0.0609. The zero-order chi connectivity index (χ0) is 11.5. The number of aldehydes is 1. The summed E-state index contributed by atoms with van der Waals surface area (Å²) < 4.78 is 0. The molecule has 1 rings (SSSR count). The van der Waals surface area contributed by atoms with E-state index in [1.165, 1.54) is 36.8 Å². The van der Waals surface area contributed by atoms with Crippen LogP contribution in [0, 0.1) is 5.41 Å². The highest BCUT2D eigenvalue weighted by molar-refractivity contribution is 5.74. The summed E-state index contributed by atoms with van der Waals surface area (Å²) in [7, 11) is 0. The van der Waals surface area contributed by atoms with Crippen LogP contribution in [0.5, 0.6) is 0 Å². The van der Waals surface area contributed by atoms with Crippen LogP contribution in [-0.2, 0) is 4.79 Å². The van der Waals surface area contributed by atoms with Gasteiger partial charge in [0.25, 0.3) is 0 Å². The normalized spacial score (nSPS) is 19.3. The van der Waals surface area contributed by atoms with Crippen LogP contribution in [0.25, 0.3) is 0 Å². The zero-order valence-electron chi connectivity index (χ0n) is 10.4. The van der Waals surface area contributed by atoms with Gasteiger partial charge in [-0.15, -0.1) is 0 Å². The van der Waals surface area contributed by atoms with Crippen molar-refractivity contribution in [1.82, 2.24) is 0 Å². The number of rotatable bonds is 3. The van der Waals surface area contributed by atoms with E-state index in [1.54, 1.807) is 0 Å². The van der Waals surface area contributed by atoms with Crippen molar-refractivity contribution in [3.8, 4) is 0 Å². The molecule has 0 bridgehead atoms. The van der Waals surface area contributed by atoms with E-state index in [-0.39, 0.29) is 5.41 Å². The second kappa shape index (κ2) is 4.78. The average Bonchev–Trinajstić information content (AvgIpc) is 2.28. The van der Waals surface area contributed by atoms with Crippen LogP contribution < -0.4 is 0 Å². The molecule has 0 aliphatic heterocycles. The SMILES string of the molecule is CC(C=O)=C(C)C(C)(C)C1=CCCCC1. The summed E-state index contributed by atoms with van der Waals surface area (Å²) in [5.41, 5.74) is 3.66. The molecule has 1 aliphatic carbocycles. The molecule has 0 fully saturated rings. The van der Waals surface area contributed by atoms with Crippen LogP contribution in [0.4, 0.5) is 0 Å². The summed E-state index contributed by atoms with van der Waals surface area (Å²) in [6.45, 7) is 8.45. The van der Waals surface area contributed by atoms with E-state index in [0.717, 1.165) is 11.9 Å². The second-order valence-electron chi connectivity index (χ2n) is 5.03. The minimum atomic E-state index is 0.0609. The highest BCUT2D eigenvalue weighted by Gasteiger charge is 2.26. The maximum Gasteiger partial charge on any atom is 0.145 e. The fourth-order valence-corrected chi connectivity index (χ4v) is 2.23. The van der Waals surface area contributed by atoms with Crippen molar-refractivity contribution in [2.45, 2.75) is 53.4 Å². The first-order valence-corrected chi connectivity index (χ1v) is 5.82. The average molecular weight is 206 g/mol. The summed E-state index contributed by atoms with van der Waals surface area (Å²) in [5, 5.41) is 0. The third-order valence-corrected chi connectivity index (χ3v) is 3.80. The molecule has 0 aromatic carbocycles. The van der Waals surface area contributed by atoms with E-state index in [1.807, 2.05) is 6.92 Å². The smallest absolute Gasteiger partial charge is 0.145 e. The quantitative estimate of drug-likeness (QED) is 0.387. The predicted octanol–water partition coefficient (Wildman–Crippen LogP) is 4.05. The van der Waals surface area contributed by atoms with E-state index < -0.39 is 0 Å². The lowest BCUT2D eigenvalue weighted by Gasteiger charge is -2.32. The van der Waals surface area contributed by atoms with Gasteiger partial charge in [-0.3, -0.25) is 4.79 Å². The van der Waals surface area contributed by atoms with Crippen LogP contribution in [-0.4, -0.2) is 6.29 Å². The highest BCUT2D eigenvalue weighted by atomic mass is 16.1. The number of carbonyl (C=O) groups is 1. The van der Waals surface area contributed by atoms with Crippen molar-refractivity contribution >= 4 is 6.29 Å². The highest BCUT2D eigenvalue weighted by Crippen LogP contribution is 2.40. The molecule has 1 nitrogen and oxygen atoms in total. The van der Waals surface area contributed by atoms with Crippen LogP contribution >= 0.6 is 0 Å². The lowest BCUT2D eigenvalue weighted by molar-refractivity contribution is -0.105. The second-order valence-corrected chi connectivity index (χ2v) is 5.03. The lowest BCUT2D eigenvalue weighted by Crippen LogP contribution is -2.19. The molecule has 0 heterocycles. The van der Waals surface area contributed by atoms with Crippen LogP contribution in [0.1, 0.15) is 53.4 Å². The molecule has 0 aromatic rings. The van der Waals surface area contributed by atoms with E-state index in [9.17, 15) is 4.79 Å². The molecule has 0 radical (unpaired) electrons. The van der Waals surface area contributed by atoms with Crippen molar-refractivity contribution in [3.05, 3.63) is 22.8 Å². The molecule has 0 amide bonds. The Bertz CT molecular complexity index is 305. The van der Waals surface area contributed by atoms with Gasteiger partial charge in [0.1, 0.15) is 6.29 Å². The zero-order valence-corrected chi connectivity index (χ0v) is 10.4. The van der Waals surface area contributed by atoms with Crippen molar-refractivity contribution in [1.29, 1.82) is 0 Å². The minimum Gasteiger partial charge on any atom is -0.298 e. The Hall–Kier alpha value is -0.850. The molecule has 0 spiro atoms. The van der Waals surface area contributed by atoms with Crippen LogP contribution in [0.2, 0.25) is 0 Å². The number of carbonyl (C=O) groups excluding carboxylic acids is 1. The summed E-state index contributed by atoms with van der Waals surface area (Å²) in [6.07, 6.45) is 8.34. The molecule has 0 saturated carbocycles. The van der Waals surface area contributed by atoms with Crippen molar-refractivity contribution in [2.75, 3.05) is 0 Å². The van der Waals surface area contributed by atoms with Gasteiger partial charge in [0, 0.05) is 5.41 Å². The van der Waals surface area contributed by atoms with Crippen molar-refractivity contribution in [2.24, 2.45) is 5.41 Å². The van der Waals surface area contributed by atoms with Gasteiger partial charge in [-0.2, -0.15) is 0 Å². The number of allylic oxidation sites excluding steroid dienone is 4. The molecule has 1 heteroatoms. The Morgan fingerprint density at radius 2 is 2.00 bits per heavy atom. The standard InChI is InChI=1S/C14H22O/c1-11(10-15)12(2)14(3,4)13-8-6-5-7-9-13/h8,10H,5-7,9H2,1-4H3. The van der Waals surface area contributed by atoms with Gasteiger partial charge < -0.3 is 0 Å². The van der Waals surface area contributed by atoms with Crippen molar-refractivity contribution in [3.63, 3.8) is 0 Å². The third-order valence-electron chi connectivity index (χ3n) is 3.80. The summed E-state index contributed by atoms with van der Waals surface area (Å²) in [6, 6.07) is 0. The predicted molar refractivity (Wildman–Crippen MR) is 64.8 cm³/mol. The molecule has 0 saturated heterocycles. The van der Waals surface area contributed by atoms with Crippen LogP contribution in [0.15, 0.2) is 22.8 Å². The van der Waals surface area contributed by atoms with Gasteiger partial charge >= 0.3 is 0 Å². The maximum atomic E-state index is 10.8. The number of hydrogen-bond acceptors (Lipinski definition) is 1. The number of hydrogen-bond donors (Lipinski definition) is 0. The molecular weight excluding hydrogens is 184 g/mol. The molecule has 15 heavy (non-hydrogen) atoms. The first-order chi connectivity index (χ1) is 7.00. The fourth-order valence-electron chi connectivity index (χ4n) is 2.23.